The smallest absolute Gasteiger partial charge is 0.334 e. The van der Waals surface area contributed by atoms with E-state index in [4.69, 9.17) is 25.4 Å². The predicted octanol–water partition coefficient (Wildman–Crippen LogP) is 2.42. The normalized spacial score (nSPS) is 13.5. The summed E-state index contributed by atoms with van der Waals surface area (Å²) in [6.45, 7) is 5.24. The number of esters is 1. The van der Waals surface area contributed by atoms with Crippen LogP contribution in [0.15, 0.2) is 0 Å². The summed E-state index contributed by atoms with van der Waals surface area (Å²) in [6.07, 6.45) is -0.666. The molecule has 0 saturated heterocycles. The molecule has 0 amide bonds. The van der Waals surface area contributed by atoms with Crippen LogP contribution in [0.3, 0.4) is 0 Å². The third-order valence-electron chi connectivity index (χ3n) is 1.58. The molecule has 0 aliphatic heterocycles. The molecule has 0 spiro atoms. The van der Waals surface area contributed by atoms with Gasteiger partial charge in [-0.1, -0.05) is 0 Å². The molecule has 1 atom stereocenters. The molecule has 0 radical (unpaired) electrons. The first-order valence-electron chi connectivity index (χ1n) is 5.08. The number of alkyl halides is 1. The minimum atomic E-state index is -3.21. The molecular formula is C9H18ClO5P. The van der Waals surface area contributed by atoms with Crippen LogP contribution in [0.25, 0.3) is 0 Å². The average molecular weight is 273 g/mol. The first-order chi connectivity index (χ1) is 7.47. The lowest BCUT2D eigenvalue weighted by atomic mass is 10.5. The summed E-state index contributed by atoms with van der Waals surface area (Å²) in [4.78, 5) is 10.8. The van der Waals surface area contributed by atoms with Crippen LogP contribution < -0.4 is 0 Å². The number of hydrogen-bond acceptors (Lipinski definition) is 5. The first-order valence-corrected chi connectivity index (χ1v) is 7.35. The molecule has 0 unspecified atom stereocenters. The SMILES string of the molecule is CCOP(=O)(C[C@@H](CCl)OC(C)=O)OCC. The van der Waals surface area contributed by atoms with Crippen LogP contribution in [0.4, 0.5) is 0 Å². The number of ether oxygens (including phenoxy) is 1. The summed E-state index contributed by atoms with van der Waals surface area (Å²) in [6, 6.07) is 0. The van der Waals surface area contributed by atoms with Crippen molar-refractivity contribution in [2.24, 2.45) is 0 Å². The Morgan fingerprint density at radius 2 is 1.81 bits per heavy atom. The zero-order valence-corrected chi connectivity index (χ0v) is 11.4. The van der Waals surface area contributed by atoms with Crippen LogP contribution >= 0.6 is 19.2 Å². The quantitative estimate of drug-likeness (QED) is 0.386. The van der Waals surface area contributed by atoms with Gasteiger partial charge in [-0.3, -0.25) is 9.36 Å². The van der Waals surface area contributed by atoms with Crippen LogP contribution in [0.1, 0.15) is 20.8 Å². The Bertz CT molecular complexity index is 248. The van der Waals surface area contributed by atoms with E-state index in [1.54, 1.807) is 13.8 Å². The predicted molar refractivity (Wildman–Crippen MR) is 62.0 cm³/mol. The van der Waals surface area contributed by atoms with E-state index in [-0.39, 0.29) is 25.3 Å². The summed E-state index contributed by atoms with van der Waals surface area (Å²) in [5, 5.41) is 0. The summed E-state index contributed by atoms with van der Waals surface area (Å²) in [7, 11) is -3.21. The Hall–Kier alpha value is -0.0900. The maximum absolute atomic E-state index is 12.1. The van der Waals surface area contributed by atoms with Crippen LogP contribution in [-0.2, 0) is 23.1 Å². The Balaban J connectivity index is 4.45. The lowest BCUT2D eigenvalue weighted by Crippen LogP contribution is -2.23. The number of halogens is 1. The second-order valence-corrected chi connectivity index (χ2v) is 5.43. The van der Waals surface area contributed by atoms with Crippen molar-refractivity contribution in [3.05, 3.63) is 0 Å². The van der Waals surface area contributed by atoms with Gasteiger partial charge in [0.1, 0.15) is 6.10 Å². The number of hydrogen-bond donors (Lipinski definition) is 0. The fraction of sp³-hybridized carbons (Fsp3) is 0.889. The van der Waals surface area contributed by atoms with E-state index in [1.807, 2.05) is 0 Å². The molecule has 7 heteroatoms. The van der Waals surface area contributed by atoms with Gasteiger partial charge in [-0.2, -0.15) is 0 Å². The van der Waals surface area contributed by atoms with Crippen molar-refractivity contribution in [3.63, 3.8) is 0 Å². The van der Waals surface area contributed by atoms with Gasteiger partial charge in [-0.15, -0.1) is 11.6 Å². The highest BCUT2D eigenvalue weighted by atomic mass is 35.5. The molecule has 0 heterocycles. The van der Waals surface area contributed by atoms with Gasteiger partial charge in [0, 0.05) is 6.92 Å². The fourth-order valence-electron chi connectivity index (χ4n) is 1.14. The van der Waals surface area contributed by atoms with Gasteiger partial charge in [-0.05, 0) is 13.8 Å². The van der Waals surface area contributed by atoms with Gasteiger partial charge in [-0.25, -0.2) is 0 Å². The summed E-state index contributed by atoms with van der Waals surface area (Å²) >= 11 is 5.61. The van der Waals surface area contributed by atoms with Gasteiger partial charge in [0.25, 0.3) is 0 Å². The lowest BCUT2D eigenvalue weighted by molar-refractivity contribution is -0.144. The third-order valence-corrected chi connectivity index (χ3v) is 4.09. The Labute approximate surface area is 101 Å². The molecule has 5 nitrogen and oxygen atoms in total. The highest BCUT2D eigenvalue weighted by Gasteiger charge is 2.29. The zero-order chi connectivity index (χ0) is 12.6. The van der Waals surface area contributed by atoms with Crippen molar-refractivity contribution in [3.8, 4) is 0 Å². The van der Waals surface area contributed by atoms with Crippen molar-refractivity contribution in [1.29, 1.82) is 0 Å². The average Bonchev–Trinajstić information content (AvgIpc) is 2.16. The number of rotatable bonds is 8. The molecule has 0 fully saturated rings. The fourth-order valence-corrected chi connectivity index (χ4v) is 3.24. The van der Waals surface area contributed by atoms with E-state index in [0.29, 0.717) is 0 Å². The van der Waals surface area contributed by atoms with Gasteiger partial charge in [0.15, 0.2) is 0 Å². The van der Waals surface area contributed by atoms with Crippen molar-refractivity contribution >= 4 is 25.2 Å². The highest BCUT2D eigenvalue weighted by molar-refractivity contribution is 7.53. The summed E-state index contributed by atoms with van der Waals surface area (Å²) in [5.41, 5.74) is 0. The molecule has 0 aromatic heterocycles. The maximum Gasteiger partial charge on any atom is 0.334 e. The molecule has 0 N–H and O–H groups in total. The molecule has 0 saturated carbocycles. The largest absolute Gasteiger partial charge is 0.461 e. The van der Waals surface area contributed by atoms with Gasteiger partial charge >= 0.3 is 13.6 Å². The Morgan fingerprint density at radius 1 is 1.31 bits per heavy atom. The van der Waals surface area contributed by atoms with Gasteiger partial charge in [0.2, 0.25) is 0 Å². The maximum atomic E-state index is 12.1. The van der Waals surface area contributed by atoms with E-state index in [0.717, 1.165) is 0 Å². The molecule has 96 valence electrons. The zero-order valence-electron chi connectivity index (χ0n) is 9.77. The lowest BCUT2D eigenvalue weighted by Gasteiger charge is -2.21. The topological polar surface area (TPSA) is 61.8 Å². The Kier molecular flexibility index (Phi) is 8.02. The molecule has 0 aromatic carbocycles. The molecular weight excluding hydrogens is 255 g/mol. The van der Waals surface area contributed by atoms with E-state index in [1.165, 1.54) is 6.92 Å². The third kappa shape index (κ3) is 6.48. The summed E-state index contributed by atoms with van der Waals surface area (Å²) in [5.74, 6) is -0.408. The molecule has 16 heavy (non-hydrogen) atoms. The van der Waals surface area contributed by atoms with E-state index in [2.05, 4.69) is 0 Å². The minimum absolute atomic E-state index is 0.0161. The van der Waals surface area contributed by atoms with Crippen molar-refractivity contribution in [1.82, 2.24) is 0 Å². The van der Waals surface area contributed by atoms with E-state index in [9.17, 15) is 9.36 Å². The minimum Gasteiger partial charge on any atom is -0.461 e. The summed E-state index contributed by atoms with van der Waals surface area (Å²) < 4.78 is 27.1. The van der Waals surface area contributed by atoms with Crippen molar-refractivity contribution < 1.29 is 23.1 Å². The standard InChI is InChI=1S/C9H18ClO5P/c1-4-13-16(12,14-5-2)7-9(6-10)15-8(3)11/h9H,4-7H2,1-3H3/t9-/m1/s1. The van der Waals surface area contributed by atoms with Crippen molar-refractivity contribution in [2.75, 3.05) is 25.3 Å². The van der Waals surface area contributed by atoms with Crippen LogP contribution in [-0.4, -0.2) is 37.3 Å². The number of carbonyl (C=O) groups is 1. The van der Waals surface area contributed by atoms with Crippen LogP contribution in [0, 0.1) is 0 Å². The number of carbonyl (C=O) groups excluding carboxylic acids is 1. The molecule has 0 bridgehead atoms. The van der Waals surface area contributed by atoms with Gasteiger partial charge in [0.05, 0.1) is 25.3 Å². The second kappa shape index (κ2) is 8.07. The van der Waals surface area contributed by atoms with Crippen LogP contribution in [0.5, 0.6) is 0 Å². The van der Waals surface area contributed by atoms with Gasteiger partial charge < -0.3 is 13.8 Å². The van der Waals surface area contributed by atoms with Crippen molar-refractivity contribution in [2.45, 2.75) is 26.9 Å². The molecule has 0 aliphatic rings. The first kappa shape index (κ1) is 15.9. The molecule has 0 rings (SSSR count). The van der Waals surface area contributed by atoms with E-state index >= 15 is 0 Å². The highest BCUT2D eigenvalue weighted by Crippen LogP contribution is 2.48. The molecule has 0 aliphatic carbocycles. The van der Waals surface area contributed by atoms with Crippen LogP contribution in [0.2, 0.25) is 0 Å². The Morgan fingerprint density at radius 3 is 2.12 bits per heavy atom. The van der Waals surface area contributed by atoms with E-state index < -0.39 is 19.7 Å². The monoisotopic (exact) mass is 272 g/mol. The second-order valence-electron chi connectivity index (χ2n) is 3.01. The molecule has 0 aromatic rings.